The Morgan fingerprint density at radius 2 is 1.50 bits per heavy atom. The van der Waals surface area contributed by atoms with Gasteiger partial charge in [0.2, 0.25) is 0 Å². The Morgan fingerprint density at radius 3 is 1.50 bits per heavy atom. The highest BCUT2D eigenvalue weighted by Crippen LogP contribution is 1.49. The van der Waals surface area contributed by atoms with E-state index >= 15 is 0 Å². The van der Waals surface area contributed by atoms with Crippen LogP contribution in [0.4, 0.5) is 0 Å². The molecular weight excluding hydrogens is 191 g/mol. The molecule has 0 saturated carbocycles. The minimum absolute atomic E-state index is 0. The third kappa shape index (κ3) is 8.82. The van der Waals surface area contributed by atoms with Gasteiger partial charge in [0.25, 0.3) is 0 Å². The maximum atomic E-state index is 2.86. The smallest absolute Gasteiger partial charge is 0.00128 e. The number of rotatable bonds is 1. The second-order valence-electron chi connectivity index (χ2n) is 1.12. The number of nitrogens with zero attached hydrogens (tertiary/aromatic N) is 1. The van der Waals surface area contributed by atoms with Crippen LogP contribution >= 0.6 is 24.0 Å². The maximum absolute atomic E-state index is 2.86. The number of hydrogen-bond acceptors (Lipinski definition) is 2. The van der Waals surface area contributed by atoms with Crippen molar-refractivity contribution in [2.45, 2.75) is 0 Å². The van der Waals surface area contributed by atoms with Crippen LogP contribution in [0.3, 0.4) is 0 Å². The van der Waals surface area contributed by atoms with E-state index in [1.807, 2.05) is 26.2 Å². The largest absolute Gasteiger partial charge is 0.259 e. The summed E-state index contributed by atoms with van der Waals surface area (Å²) in [4.78, 5) is 0. The molecule has 0 aliphatic heterocycles. The molecule has 0 aliphatic carbocycles. The topological polar surface area (TPSA) is 15.3 Å². The molecule has 0 amide bonds. The fourth-order valence-electron chi connectivity index (χ4n) is 0. The predicted molar refractivity (Wildman–Crippen MR) is 38.2 cm³/mol. The number of halogens is 1. The molecule has 0 aromatic carbocycles. The average Bonchev–Trinajstić information content (AvgIpc) is 1.38. The first-order valence-electron chi connectivity index (χ1n) is 1.62. The molecule has 3 heteroatoms. The minimum atomic E-state index is 0. The van der Waals surface area contributed by atoms with E-state index < -0.39 is 0 Å². The van der Waals surface area contributed by atoms with E-state index in [1.165, 1.54) is 0 Å². The van der Waals surface area contributed by atoms with Gasteiger partial charge in [-0.3, -0.25) is 10.4 Å². The normalized spacial score (nSPS) is 8.00. The van der Waals surface area contributed by atoms with Gasteiger partial charge in [0.15, 0.2) is 0 Å². The van der Waals surface area contributed by atoms with Crippen molar-refractivity contribution in [2.24, 2.45) is 0 Å². The van der Waals surface area contributed by atoms with Gasteiger partial charge in [-0.05, 0) is 7.05 Å². The fraction of sp³-hybridized carbons (Fsp3) is 1.00. The first-order chi connectivity index (χ1) is 2.27. The van der Waals surface area contributed by atoms with E-state index in [-0.39, 0.29) is 24.0 Å². The van der Waals surface area contributed by atoms with Crippen LogP contribution < -0.4 is 5.43 Å². The zero-order valence-corrected chi connectivity index (χ0v) is 6.69. The van der Waals surface area contributed by atoms with Crippen molar-refractivity contribution < 1.29 is 0 Å². The Balaban J connectivity index is 0. The van der Waals surface area contributed by atoms with Crippen LogP contribution in [0.25, 0.3) is 0 Å². The fourth-order valence-corrected chi connectivity index (χ4v) is 0. The van der Waals surface area contributed by atoms with Crippen molar-refractivity contribution in [3.05, 3.63) is 0 Å². The third-order valence-corrected chi connectivity index (χ3v) is 0.447. The summed E-state index contributed by atoms with van der Waals surface area (Å²) in [5.74, 6) is 0. The van der Waals surface area contributed by atoms with Crippen LogP contribution in [0.2, 0.25) is 0 Å². The molecule has 0 aromatic rings. The van der Waals surface area contributed by atoms with E-state index in [0.29, 0.717) is 0 Å². The molecule has 0 rings (SSSR count). The van der Waals surface area contributed by atoms with E-state index in [4.69, 9.17) is 0 Å². The van der Waals surface area contributed by atoms with Crippen molar-refractivity contribution in [3.63, 3.8) is 0 Å². The lowest BCUT2D eigenvalue weighted by molar-refractivity contribution is 0.323. The number of hydrazine groups is 1. The van der Waals surface area contributed by atoms with Crippen LogP contribution in [0.1, 0.15) is 0 Å². The molecule has 0 fully saturated rings. The Bertz CT molecular complexity index is 22.8. The monoisotopic (exact) mass is 202 g/mol. The Morgan fingerprint density at radius 1 is 1.33 bits per heavy atom. The highest BCUT2D eigenvalue weighted by atomic mass is 127. The van der Waals surface area contributed by atoms with E-state index in [0.717, 1.165) is 0 Å². The molecule has 0 saturated heterocycles. The number of hydrogen-bond donors (Lipinski definition) is 1. The molecule has 2 nitrogen and oxygen atoms in total. The first-order valence-corrected chi connectivity index (χ1v) is 1.62. The van der Waals surface area contributed by atoms with Crippen molar-refractivity contribution in [2.75, 3.05) is 21.1 Å². The van der Waals surface area contributed by atoms with Crippen molar-refractivity contribution in [1.82, 2.24) is 10.4 Å². The van der Waals surface area contributed by atoms with Crippen molar-refractivity contribution in [3.8, 4) is 0 Å². The Kier molecular flexibility index (Phi) is 9.25. The lowest BCUT2D eigenvalue weighted by Crippen LogP contribution is -2.25. The summed E-state index contributed by atoms with van der Waals surface area (Å²) in [7, 11) is 5.76. The molecule has 1 N–H and O–H groups in total. The lowest BCUT2D eigenvalue weighted by Gasteiger charge is -2.02. The molecule has 6 heavy (non-hydrogen) atoms. The van der Waals surface area contributed by atoms with Gasteiger partial charge in [-0.25, -0.2) is 0 Å². The molecule has 0 bridgehead atoms. The van der Waals surface area contributed by atoms with Crippen LogP contribution in [-0.4, -0.2) is 26.2 Å². The van der Waals surface area contributed by atoms with Gasteiger partial charge >= 0.3 is 0 Å². The molecule has 40 valence electrons. The van der Waals surface area contributed by atoms with Crippen LogP contribution in [0.5, 0.6) is 0 Å². The number of nitrogens with one attached hydrogen (secondary N) is 1. The molecule has 0 unspecified atom stereocenters. The molecular formula is C3H11IN2. The van der Waals surface area contributed by atoms with Gasteiger partial charge in [0.05, 0.1) is 0 Å². The summed E-state index contributed by atoms with van der Waals surface area (Å²) >= 11 is 0. The van der Waals surface area contributed by atoms with E-state index in [2.05, 4.69) is 5.43 Å². The Labute approximate surface area is 55.9 Å². The Hall–Kier alpha value is 0.650. The molecule has 0 aromatic heterocycles. The van der Waals surface area contributed by atoms with Crippen LogP contribution in [0.15, 0.2) is 0 Å². The minimum Gasteiger partial charge on any atom is -0.259 e. The van der Waals surface area contributed by atoms with Gasteiger partial charge in [0, 0.05) is 14.1 Å². The summed E-state index contributed by atoms with van der Waals surface area (Å²) in [6.07, 6.45) is 0. The summed E-state index contributed by atoms with van der Waals surface area (Å²) < 4.78 is 0. The molecule has 0 heterocycles. The van der Waals surface area contributed by atoms with Gasteiger partial charge < -0.3 is 0 Å². The average molecular weight is 202 g/mol. The van der Waals surface area contributed by atoms with Gasteiger partial charge in [-0.2, -0.15) is 0 Å². The third-order valence-electron chi connectivity index (χ3n) is 0.447. The second-order valence-corrected chi connectivity index (χ2v) is 1.12. The molecule has 0 spiro atoms. The predicted octanol–water partition coefficient (Wildman–Crippen LogP) is 0.300. The summed E-state index contributed by atoms with van der Waals surface area (Å²) in [6.45, 7) is 0. The summed E-state index contributed by atoms with van der Waals surface area (Å²) in [5, 5.41) is 1.88. The molecule has 0 atom stereocenters. The highest BCUT2D eigenvalue weighted by molar-refractivity contribution is 14.0. The quantitative estimate of drug-likeness (QED) is 0.486. The van der Waals surface area contributed by atoms with E-state index in [9.17, 15) is 0 Å². The highest BCUT2D eigenvalue weighted by Gasteiger charge is 1.68. The van der Waals surface area contributed by atoms with Crippen molar-refractivity contribution in [1.29, 1.82) is 0 Å². The van der Waals surface area contributed by atoms with Crippen LogP contribution in [0, 0.1) is 0 Å². The second kappa shape index (κ2) is 5.65. The standard InChI is InChI=1S/C3H10N2.HI/c1-4-5(2)3;/h4H,1-3H3;1H. The van der Waals surface area contributed by atoms with Gasteiger partial charge in [-0.15, -0.1) is 24.0 Å². The summed E-state index contributed by atoms with van der Waals surface area (Å²) in [6, 6.07) is 0. The molecule has 0 radical (unpaired) electrons. The summed E-state index contributed by atoms with van der Waals surface area (Å²) in [5.41, 5.74) is 2.86. The lowest BCUT2D eigenvalue weighted by atomic mass is 11.1. The SMILES string of the molecule is CNN(C)C.I. The maximum Gasteiger partial charge on any atom is 0.00128 e. The van der Waals surface area contributed by atoms with Crippen molar-refractivity contribution >= 4 is 24.0 Å². The van der Waals surface area contributed by atoms with Gasteiger partial charge in [0.1, 0.15) is 0 Å². The van der Waals surface area contributed by atoms with Gasteiger partial charge in [-0.1, -0.05) is 0 Å². The van der Waals surface area contributed by atoms with E-state index in [1.54, 1.807) is 0 Å². The zero-order chi connectivity index (χ0) is 4.28. The molecule has 0 aliphatic rings. The zero-order valence-electron chi connectivity index (χ0n) is 4.36. The first kappa shape index (κ1) is 9.82. The van der Waals surface area contributed by atoms with Crippen LogP contribution in [-0.2, 0) is 0 Å².